The Morgan fingerprint density at radius 3 is 1.97 bits per heavy atom. The molecule has 2 rings (SSSR count). The largest absolute Gasteiger partial charge is 0.504 e. The van der Waals surface area contributed by atoms with E-state index in [1.807, 2.05) is 6.07 Å². The topological polar surface area (TPSA) is 83.8 Å². The number of hydrogen-bond acceptors (Lipinski definition) is 4. The van der Waals surface area contributed by atoms with Gasteiger partial charge in [-0.25, -0.2) is 0 Å². The van der Waals surface area contributed by atoms with Crippen molar-refractivity contribution in [3.8, 4) is 17.2 Å². The van der Waals surface area contributed by atoms with Gasteiger partial charge in [-0.3, -0.25) is 4.55 Å². The summed E-state index contributed by atoms with van der Waals surface area (Å²) in [7, 11) is -4.23. The van der Waals surface area contributed by atoms with Gasteiger partial charge in [0.1, 0.15) is 5.75 Å². The number of phenols is 1. The predicted molar refractivity (Wildman–Crippen MR) is 115 cm³/mol. The van der Waals surface area contributed by atoms with E-state index in [1.54, 1.807) is 12.1 Å². The van der Waals surface area contributed by atoms with Gasteiger partial charge < -0.3 is 9.84 Å². The highest BCUT2D eigenvalue weighted by molar-refractivity contribution is 7.85. The van der Waals surface area contributed by atoms with E-state index in [2.05, 4.69) is 6.92 Å². The van der Waals surface area contributed by atoms with E-state index < -0.39 is 10.1 Å². The van der Waals surface area contributed by atoms with Crippen molar-refractivity contribution in [2.75, 3.05) is 0 Å². The molecule has 0 aliphatic heterocycles. The molecule has 0 amide bonds. The number of benzene rings is 2. The van der Waals surface area contributed by atoms with Crippen molar-refractivity contribution < 1.29 is 22.8 Å². The quantitative estimate of drug-likeness (QED) is 0.285. The van der Waals surface area contributed by atoms with Crippen LogP contribution in [-0.2, 0) is 16.5 Å². The molecule has 2 N–H and O–H groups in total. The number of unbranched alkanes of at least 4 members (excludes halogenated alkanes) is 8. The van der Waals surface area contributed by atoms with Gasteiger partial charge in [0.05, 0.1) is 4.90 Å². The summed E-state index contributed by atoms with van der Waals surface area (Å²) in [5.74, 6) is 0.733. The lowest BCUT2D eigenvalue weighted by molar-refractivity contribution is 0.410. The Balaban J connectivity index is 1.75. The first-order chi connectivity index (χ1) is 13.9. The summed E-state index contributed by atoms with van der Waals surface area (Å²) in [6, 6.07) is 10.7. The standard InChI is InChI=1S/C23H32O5S/c1-2-3-4-5-6-7-8-9-10-11-19-12-17-23(22(24)18-19)28-20-13-15-21(16-14-20)29(25,26)27/h12-18,24H,2-11H2,1H3,(H,25,26,27). The van der Waals surface area contributed by atoms with Gasteiger partial charge in [-0.1, -0.05) is 64.4 Å². The zero-order valence-electron chi connectivity index (χ0n) is 17.1. The number of aromatic hydroxyl groups is 1. The van der Waals surface area contributed by atoms with Gasteiger partial charge >= 0.3 is 0 Å². The van der Waals surface area contributed by atoms with Gasteiger partial charge in [-0.2, -0.15) is 8.42 Å². The van der Waals surface area contributed by atoms with Gasteiger partial charge in [-0.05, 0) is 54.8 Å². The summed E-state index contributed by atoms with van der Waals surface area (Å²) >= 11 is 0. The zero-order valence-corrected chi connectivity index (χ0v) is 18.0. The molecule has 0 radical (unpaired) electrons. The third kappa shape index (κ3) is 8.46. The molecule has 0 aromatic heterocycles. The molecule has 160 valence electrons. The van der Waals surface area contributed by atoms with E-state index >= 15 is 0 Å². The Bertz CT molecular complexity index is 844. The molecule has 0 spiro atoms. The highest BCUT2D eigenvalue weighted by Gasteiger charge is 2.10. The van der Waals surface area contributed by atoms with Crippen LogP contribution in [0.15, 0.2) is 47.4 Å². The van der Waals surface area contributed by atoms with Crippen molar-refractivity contribution in [1.82, 2.24) is 0 Å². The maximum atomic E-state index is 11.1. The van der Waals surface area contributed by atoms with Crippen molar-refractivity contribution in [2.45, 2.75) is 76.0 Å². The number of phenolic OH excluding ortho intramolecular Hbond substituents is 1. The van der Waals surface area contributed by atoms with Crippen LogP contribution in [0.5, 0.6) is 17.2 Å². The third-order valence-electron chi connectivity index (χ3n) is 4.94. The van der Waals surface area contributed by atoms with Crippen LogP contribution in [0.4, 0.5) is 0 Å². The molecule has 0 bridgehead atoms. The van der Waals surface area contributed by atoms with Crippen molar-refractivity contribution in [1.29, 1.82) is 0 Å². The SMILES string of the molecule is CCCCCCCCCCCc1ccc(Oc2ccc(S(=O)(=O)O)cc2)c(O)c1. The molecule has 0 saturated heterocycles. The number of rotatable bonds is 13. The minimum absolute atomic E-state index is 0.0530. The molecule has 29 heavy (non-hydrogen) atoms. The average Bonchev–Trinajstić information content (AvgIpc) is 2.68. The number of hydrogen-bond donors (Lipinski definition) is 2. The molecule has 0 saturated carbocycles. The predicted octanol–water partition coefficient (Wildman–Crippen LogP) is 6.50. The van der Waals surface area contributed by atoms with Crippen LogP contribution in [0, 0.1) is 0 Å². The minimum Gasteiger partial charge on any atom is -0.504 e. The van der Waals surface area contributed by atoms with E-state index in [4.69, 9.17) is 9.29 Å². The molecule has 2 aromatic carbocycles. The van der Waals surface area contributed by atoms with Crippen molar-refractivity contribution in [2.24, 2.45) is 0 Å². The molecule has 0 atom stereocenters. The lowest BCUT2D eigenvalue weighted by atomic mass is 10.0. The monoisotopic (exact) mass is 420 g/mol. The van der Waals surface area contributed by atoms with E-state index in [-0.39, 0.29) is 10.6 Å². The second kappa shape index (κ2) is 11.8. The first kappa shape index (κ1) is 23.2. The van der Waals surface area contributed by atoms with Crippen molar-refractivity contribution in [3.05, 3.63) is 48.0 Å². The maximum absolute atomic E-state index is 11.1. The summed E-state index contributed by atoms with van der Waals surface area (Å²) in [5, 5.41) is 10.2. The smallest absolute Gasteiger partial charge is 0.294 e. The Hall–Kier alpha value is -2.05. The highest BCUT2D eigenvalue weighted by Crippen LogP contribution is 2.32. The molecule has 6 heteroatoms. The van der Waals surface area contributed by atoms with E-state index in [1.165, 1.54) is 75.6 Å². The van der Waals surface area contributed by atoms with Gasteiger partial charge in [0.15, 0.2) is 11.5 Å². The maximum Gasteiger partial charge on any atom is 0.294 e. The average molecular weight is 421 g/mol. The van der Waals surface area contributed by atoms with Crippen LogP contribution < -0.4 is 4.74 Å². The second-order valence-corrected chi connectivity index (χ2v) is 8.85. The van der Waals surface area contributed by atoms with Gasteiger partial charge in [0.25, 0.3) is 10.1 Å². The first-order valence-corrected chi connectivity index (χ1v) is 11.9. The van der Waals surface area contributed by atoms with Crippen LogP contribution in [0.2, 0.25) is 0 Å². The van der Waals surface area contributed by atoms with E-state index in [0.29, 0.717) is 11.5 Å². The Labute approximate surface area is 174 Å². The zero-order chi connectivity index (χ0) is 21.1. The van der Waals surface area contributed by atoms with E-state index in [0.717, 1.165) is 18.4 Å². The second-order valence-electron chi connectivity index (χ2n) is 7.43. The molecule has 2 aromatic rings. The molecular formula is C23H32O5S. The first-order valence-electron chi connectivity index (χ1n) is 10.5. The molecule has 5 nitrogen and oxygen atoms in total. The lowest BCUT2D eigenvalue weighted by Gasteiger charge is -2.10. The normalized spacial score (nSPS) is 11.5. The molecular weight excluding hydrogens is 388 g/mol. The fraction of sp³-hybridized carbons (Fsp3) is 0.478. The Morgan fingerprint density at radius 1 is 0.828 bits per heavy atom. The fourth-order valence-corrected chi connectivity index (χ4v) is 3.73. The summed E-state index contributed by atoms with van der Waals surface area (Å²) in [6.45, 7) is 2.24. The van der Waals surface area contributed by atoms with Crippen molar-refractivity contribution in [3.63, 3.8) is 0 Å². The van der Waals surface area contributed by atoms with Crippen LogP contribution in [0.25, 0.3) is 0 Å². The number of aryl methyl sites for hydroxylation is 1. The van der Waals surface area contributed by atoms with Crippen LogP contribution in [-0.4, -0.2) is 18.1 Å². The molecule has 0 heterocycles. The Morgan fingerprint density at radius 2 is 1.41 bits per heavy atom. The van der Waals surface area contributed by atoms with Crippen LogP contribution in [0.1, 0.15) is 70.3 Å². The summed E-state index contributed by atoms with van der Waals surface area (Å²) in [6.07, 6.45) is 12.5. The van der Waals surface area contributed by atoms with Gasteiger partial charge in [-0.15, -0.1) is 0 Å². The van der Waals surface area contributed by atoms with Crippen LogP contribution in [0.3, 0.4) is 0 Å². The molecule has 0 unspecified atom stereocenters. The minimum atomic E-state index is -4.23. The molecule has 0 aliphatic carbocycles. The third-order valence-corrected chi connectivity index (χ3v) is 5.81. The molecule has 0 fully saturated rings. The molecule has 0 aliphatic rings. The summed E-state index contributed by atoms with van der Waals surface area (Å²) < 4.78 is 36.7. The van der Waals surface area contributed by atoms with Crippen molar-refractivity contribution >= 4 is 10.1 Å². The summed E-state index contributed by atoms with van der Waals surface area (Å²) in [4.78, 5) is -0.203. The summed E-state index contributed by atoms with van der Waals surface area (Å²) in [5.41, 5.74) is 1.07. The van der Waals surface area contributed by atoms with Gasteiger partial charge in [0.2, 0.25) is 0 Å². The van der Waals surface area contributed by atoms with E-state index in [9.17, 15) is 13.5 Å². The fourth-order valence-electron chi connectivity index (χ4n) is 3.25. The number of ether oxygens (including phenoxy) is 1. The lowest BCUT2D eigenvalue weighted by Crippen LogP contribution is -1.97. The van der Waals surface area contributed by atoms with Crippen LogP contribution >= 0.6 is 0 Å². The highest BCUT2D eigenvalue weighted by atomic mass is 32.2. The Kier molecular flexibility index (Phi) is 9.48. The van der Waals surface area contributed by atoms with Gasteiger partial charge in [0, 0.05) is 0 Å².